The molecule has 0 aliphatic carbocycles. The minimum Gasteiger partial charge on any atom is -0.454 e. The Bertz CT molecular complexity index is 1300. The molecule has 2 saturated heterocycles. The summed E-state index contributed by atoms with van der Waals surface area (Å²) in [5, 5.41) is 6.29. The Labute approximate surface area is 198 Å². The zero-order valence-electron chi connectivity index (χ0n) is 17.7. The average molecular weight is 483 g/mol. The number of nitrogens with one attached hydrogen (secondary N) is 2. The molecule has 174 valence electrons. The predicted molar refractivity (Wildman–Crippen MR) is 118 cm³/mol. The first-order valence-electron chi connectivity index (χ1n) is 10.7. The molecule has 4 amide bonds. The van der Waals surface area contributed by atoms with Crippen molar-refractivity contribution in [1.82, 2.24) is 10.2 Å². The molecular weight excluding hydrogens is 464 g/mol. The van der Waals surface area contributed by atoms with E-state index in [9.17, 15) is 19.2 Å². The molecule has 0 bridgehead atoms. The zero-order chi connectivity index (χ0) is 23.8. The van der Waals surface area contributed by atoms with E-state index in [-0.39, 0.29) is 19.8 Å². The Morgan fingerprint density at radius 1 is 1.12 bits per heavy atom. The van der Waals surface area contributed by atoms with Crippen LogP contribution in [0.25, 0.3) is 0 Å². The topological polar surface area (TPSA) is 140 Å². The summed E-state index contributed by atoms with van der Waals surface area (Å²) in [6.07, 6.45) is -0.205. The molecule has 0 radical (unpaired) electrons. The molecule has 4 heterocycles. The van der Waals surface area contributed by atoms with Crippen LogP contribution >= 0.6 is 11.6 Å². The Balaban J connectivity index is 1.42. The fraction of sp³-hybridized carbons (Fsp3) is 0.304. The molecule has 6 rings (SSSR count). The second-order valence-electron chi connectivity index (χ2n) is 8.83. The number of carbonyl (C=O) groups is 4. The molecule has 0 saturated carbocycles. The van der Waals surface area contributed by atoms with E-state index in [1.54, 1.807) is 36.4 Å². The number of fused-ring (bicyclic) bond motifs is 5. The van der Waals surface area contributed by atoms with E-state index in [0.29, 0.717) is 33.3 Å². The first-order valence-corrected chi connectivity index (χ1v) is 11.1. The summed E-state index contributed by atoms with van der Waals surface area (Å²) in [6.45, 7) is 0.0925. The maximum atomic E-state index is 13.7. The number of halogens is 1. The highest BCUT2D eigenvalue weighted by Gasteiger charge is 2.70. The minimum absolute atomic E-state index is 0.00923. The van der Waals surface area contributed by atoms with E-state index >= 15 is 0 Å². The first-order chi connectivity index (χ1) is 16.3. The van der Waals surface area contributed by atoms with E-state index in [1.165, 1.54) is 0 Å². The number of ether oxygens (including phenoxy) is 2. The van der Waals surface area contributed by atoms with Crippen molar-refractivity contribution in [1.29, 1.82) is 0 Å². The predicted octanol–water partition coefficient (Wildman–Crippen LogP) is 0.865. The van der Waals surface area contributed by atoms with Gasteiger partial charge in [0.2, 0.25) is 30.4 Å². The smallest absolute Gasteiger partial charge is 0.250 e. The third-order valence-corrected chi connectivity index (χ3v) is 7.20. The molecule has 4 N–H and O–H groups in total. The van der Waals surface area contributed by atoms with Crippen LogP contribution in [0.2, 0.25) is 5.02 Å². The molecule has 11 heteroatoms. The van der Waals surface area contributed by atoms with Gasteiger partial charge in [-0.25, -0.2) is 0 Å². The van der Waals surface area contributed by atoms with Crippen LogP contribution in [0.3, 0.4) is 0 Å². The van der Waals surface area contributed by atoms with Crippen LogP contribution in [-0.2, 0) is 31.3 Å². The summed E-state index contributed by atoms with van der Waals surface area (Å²) < 4.78 is 10.7. The van der Waals surface area contributed by atoms with Gasteiger partial charge in [0.1, 0.15) is 5.54 Å². The van der Waals surface area contributed by atoms with Crippen LogP contribution in [0, 0.1) is 11.8 Å². The van der Waals surface area contributed by atoms with Crippen molar-refractivity contribution in [2.75, 3.05) is 12.1 Å². The van der Waals surface area contributed by atoms with Crippen LogP contribution in [0.5, 0.6) is 11.5 Å². The van der Waals surface area contributed by atoms with Crippen LogP contribution in [0.15, 0.2) is 36.4 Å². The molecule has 0 unspecified atom stereocenters. The lowest BCUT2D eigenvalue weighted by atomic mass is 9.76. The highest BCUT2D eigenvalue weighted by atomic mass is 35.5. The maximum Gasteiger partial charge on any atom is 0.250 e. The van der Waals surface area contributed by atoms with Crippen molar-refractivity contribution in [3.63, 3.8) is 0 Å². The Morgan fingerprint density at radius 3 is 2.71 bits per heavy atom. The summed E-state index contributed by atoms with van der Waals surface area (Å²) in [7, 11) is 0. The monoisotopic (exact) mass is 482 g/mol. The largest absolute Gasteiger partial charge is 0.454 e. The fourth-order valence-electron chi connectivity index (χ4n) is 5.60. The second kappa shape index (κ2) is 7.18. The van der Waals surface area contributed by atoms with Gasteiger partial charge in [0, 0.05) is 28.7 Å². The SMILES string of the molecule is NC(=O)C[C@@H]1N[C@]2(C(=O)Nc3ccc(Cl)cc32)[C@@H]2C(=O)N(Cc3ccc4c(c3)OCO4)C(=O)[C@H]12. The van der Waals surface area contributed by atoms with E-state index in [1.807, 2.05) is 0 Å². The normalized spacial score (nSPS) is 28.4. The number of carbonyl (C=O) groups excluding carboxylic acids is 4. The van der Waals surface area contributed by atoms with Gasteiger partial charge in [-0.05, 0) is 35.9 Å². The van der Waals surface area contributed by atoms with Crippen molar-refractivity contribution in [3.05, 3.63) is 52.5 Å². The molecule has 4 atom stereocenters. The van der Waals surface area contributed by atoms with Gasteiger partial charge in [-0.15, -0.1) is 0 Å². The highest BCUT2D eigenvalue weighted by Crippen LogP contribution is 2.54. The first kappa shape index (κ1) is 20.9. The van der Waals surface area contributed by atoms with Crippen molar-refractivity contribution in [2.24, 2.45) is 17.6 Å². The van der Waals surface area contributed by atoms with Gasteiger partial charge in [0.15, 0.2) is 11.5 Å². The second-order valence-corrected chi connectivity index (χ2v) is 9.26. The standard InChI is InChI=1S/C23H19ClN4O6/c24-11-2-3-13-12(6-11)23(22(32)26-13)19-18(14(27-23)7-17(25)29)20(30)28(21(19)31)8-10-1-4-15-16(5-10)34-9-33-15/h1-6,14,18-19,27H,7-9H2,(H2,25,29)(H,26,32)/t14-,18+,19-,23-/m0/s1. The van der Waals surface area contributed by atoms with Crippen LogP contribution in [0.1, 0.15) is 17.5 Å². The number of hydrogen-bond donors (Lipinski definition) is 3. The lowest BCUT2D eigenvalue weighted by molar-refractivity contribution is -0.143. The molecule has 4 aliphatic heterocycles. The van der Waals surface area contributed by atoms with E-state index in [0.717, 1.165) is 4.90 Å². The van der Waals surface area contributed by atoms with Crippen LogP contribution < -0.4 is 25.8 Å². The summed E-state index contributed by atoms with van der Waals surface area (Å²) >= 11 is 6.22. The summed E-state index contributed by atoms with van der Waals surface area (Å²) in [6, 6.07) is 9.25. The number of hydrogen-bond acceptors (Lipinski definition) is 7. The van der Waals surface area contributed by atoms with Crippen LogP contribution in [0.4, 0.5) is 5.69 Å². The molecule has 34 heavy (non-hydrogen) atoms. The van der Waals surface area contributed by atoms with Gasteiger partial charge in [0.25, 0.3) is 0 Å². The highest BCUT2D eigenvalue weighted by molar-refractivity contribution is 6.31. The summed E-state index contributed by atoms with van der Waals surface area (Å²) in [5.41, 5.74) is 5.54. The van der Waals surface area contributed by atoms with Crippen LogP contribution in [-0.4, -0.2) is 41.4 Å². The van der Waals surface area contributed by atoms with Crippen molar-refractivity contribution < 1.29 is 28.7 Å². The molecular formula is C23H19ClN4O6. The van der Waals surface area contributed by atoms with Crippen molar-refractivity contribution >= 4 is 40.9 Å². The van der Waals surface area contributed by atoms with E-state index in [4.69, 9.17) is 26.8 Å². The fourth-order valence-corrected chi connectivity index (χ4v) is 5.78. The number of benzene rings is 2. The molecule has 10 nitrogen and oxygen atoms in total. The number of nitrogens with two attached hydrogens (primary N) is 1. The molecule has 2 fully saturated rings. The van der Waals surface area contributed by atoms with E-state index in [2.05, 4.69) is 10.6 Å². The molecule has 1 spiro atoms. The van der Waals surface area contributed by atoms with Gasteiger partial charge in [0.05, 0.1) is 18.4 Å². The molecule has 0 aromatic heterocycles. The quantitative estimate of drug-likeness (QED) is 0.549. The number of rotatable bonds is 4. The summed E-state index contributed by atoms with van der Waals surface area (Å²) in [4.78, 5) is 53.6. The number of amides is 4. The third-order valence-electron chi connectivity index (χ3n) is 6.97. The van der Waals surface area contributed by atoms with Gasteiger partial charge in [-0.1, -0.05) is 17.7 Å². The molecule has 2 aromatic carbocycles. The van der Waals surface area contributed by atoms with Gasteiger partial charge < -0.3 is 20.5 Å². The van der Waals surface area contributed by atoms with E-state index < -0.39 is 47.0 Å². The Morgan fingerprint density at radius 2 is 1.91 bits per heavy atom. The Hall–Kier alpha value is -3.63. The number of nitrogens with zero attached hydrogens (tertiary/aromatic N) is 1. The van der Waals surface area contributed by atoms with Crippen molar-refractivity contribution in [2.45, 2.75) is 24.5 Å². The lowest BCUT2D eigenvalue weighted by Crippen LogP contribution is -2.53. The minimum atomic E-state index is -1.54. The van der Waals surface area contributed by atoms with Gasteiger partial charge in [-0.2, -0.15) is 0 Å². The lowest BCUT2D eigenvalue weighted by Gasteiger charge is -2.29. The molecule has 2 aromatic rings. The number of imide groups is 1. The average Bonchev–Trinajstić information content (AvgIpc) is 3.51. The van der Waals surface area contributed by atoms with Crippen molar-refractivity contribution in [3.8, 4) is 11.5 Å². The maximum absolute atomic E-state index is 13.7. The number of likely N-dealkylation sites (tertiary alicyclic amines) is 1. The Kier molecular flexibility index (Phi) is 4.42. The number of primary amides is 1. The molecule has 4 aliphatic rings. The van der Waals surface area contributed by atoms with Gasteiger partial charge in [-0.3, -0.25) is 29.4 Å². The summed E-state index contributed by atoms with van der Waals surface area (Å²) in [5.74, 6) is -2.98. The number of anilines is 1. The zero-order valence-corrected chi connectivity index (χ0v) is 18.4. The van der Waals surface area contributed by atoms with Gasteiger partial charge >= 0.3 is 0 Å². The third kappa shape index (κ3) is 2.78.